The van der Waals surface area contributed by atoms with Gasteiger partial charge in [0, 0.05) is 36.5 Å². The number of ether oxygens (including phenoxy) is 3. The summed E-state index contributed by atoms with van der Waals surface area (Å²) in [5.41, 5.74) is 2.74. The minimum absolute atomic E-state index is 0.405. The van der Waals surface area contributed by atoms with Crippen LogP contribution in [0.3, 0.4) is 0 Å². The highest BCUT2D eigenvalue weighted by Crippen LogP contribution is 2.40. The van der Waals surface area contributed by atoms with Crippen LogP contribution in [0.4, 0.5) is 22.0 Å². The molecule has 1 aliphatic heterocycles. The second kappa shape index (κ2) is 10.7. The summed E-state index contributed by atoms with van der Waals surface area (Å²) < 4.78 is 16.0. The Kier molecular flexibility index (Phi) is 7.31. The van der Waals surface area contributed by atoms with Crippen LogP contribution in [0.15, 0.2) is 48.5 Å². The number of nitrogens with zero attached hydrogens (tertiary/aromatic N) is 3. The molecule has 2 heterocycles. The molecule has 34 heavy (non-hydrogen) atoms. The average molecular weight is 464 g/mol. The molecule has 2 amide bonds. The predicted molar refractivity (Wildman–Crippen MR) is 132 cm³/mol. The molecule has 2 N–H and O–H groups in total. The molecule has 0 radical (unpaired) electrons. The van der Waals surface area contributed by atoms with Gasteiger partial charge in [-0.15, -0.1) is 10.2 Å². The number of amides is 2. The minimum Gasteiger partial charge on any atom is -0.493 e. The maximum atomic E-state index is 12.6. The van der Waals surface area contributed by atoms with E-state index in [1.54, 1.807) is 12.1 Å². The Morgan fingerprint density at radius 3 is 2.15 bits per heavy atom. The summed E-state index contributed by atoms with van der Waals surface area (Å²) in [5, 5.41) is 14.5. The van der Waals surface area contributed by atoms with E-state index < -0.39 is 6.03 Å². The standard InChI is InChI=1S/C25H29N5O4/c1-32-21-15-19(16-22(33-2)24(21)34-3)27-25(31)26-18-9-7-8-17(14-18)20-10-11-23(29-28-20)30-12-5-4-6-13-30/h7-11,14-16H,4-6,12-13H2,1-3H3,(H2,26,27,31). The molecular weight excluding hydrogens is 434 g/mol. The molecule has 0 unspecified atom stereocenters. The van der Waals surface area contributed by atoms with Crippen LogP contribution >= 0.6 is 0 Å². The Morgan fingerprint density at radius 1 is 0.824 bits per heavy atom. The van der Waals surface area contributed by atoms with Gasteiger partial charge >= 0.3 is 6.03 Å². The highest BCUT2D eigenvalue weighted by atomic mass is 16.5. The monoisotopic (exact) mass is 463 g/mol. The van der Waals surface area contributed by atoms with E-state index in [-0.39, 0.29) is 0 Å². The summed E-state index contributed by atoms with van der Waals surface area (Å²) in [7, 11) is 4.57. The van der Waals surface area contributed by atoms with Crippen molar-refractivity contribution in [2.24, 2.45) is 0 Å². The number of hydrogen-bond donors (Lipinski definition) is 2. The first-order valence-electron chi connectivity index (χ1n) is 11.2. The number of anilines is 3. The quantitative estimate of drug-likeness (QED) is 0.519. The number of aromatic nitrogens is 2. The van der Waals surface area contributed by atoms with Crippen LogP contribution in [0.5, 0.6) is 17.2 Å². The number of methoxy groups -OCH3 is 3. The maximum Gasteiger partial charge on any atom is 0.323 e. The van der Waals surface area contributed by atoms with E-state index in [1.165, 1.54) is 40.6 Å². The first kappa shape index (κ1) is 23.2. The van der Waals surface area contributed by atoms with Gasteiger partial charge in [-0.25, -0.2) is 4.79 Å². The zero-order valence-corrected chi connectivity index (χ0v) is 19.6. The summed E-state index contributed by atoms with van der Waals surface area (Å²) in [6.45, 7) is 2.04. The van der Waals surface area contributed by atoms with Gasteiger partial charge in [-0.3, -0.25) is 0 Å². The lowest BCUT2D eigenvalue weighted by molar-refractivity contribution is 0.262. The lowest BCUT2D eigenvalue weighted by Crippen LogP contribution is -2.30. The average Bonchev–Trinajstić information content (AvgIpc) is 2.88. The third-order valence-corrected chi connectivity index (χ3v) is 5.67. The van der Waals surface area contributed by atoms with Crippen molar-refractivity contribution in [2.75, 3.05) is 50.0 Å². The smallest absolute Gasteiger partial charge is 0.323 e. The second-order valence-corrected chi connectivity index (χ2v) is 7.90. The maximum absolute atomic E-state index is 12.6. The van der Waals surface area contributed by atoms with Crippen molar-refractivity contribution in [1.82, 2.24) is 10.2 Å². The molecule has 1 aromatic heterocycles. The van der Waals surface area contributed by atoms with Crippen LogP contribution in [0.1, 0.15) is 19.3 Å². The summed E-state index contributed by atoms with van der Waals surface area (Å²) >= 11 is 0. The molecule has 0 spiro atoms. The number of rotatable bonds is 7. The molecule has 0 saturated carbocycles. The molecule has 0 aliphatic carbocycles. The zero-order valence-electron chi connectivity index (χ0n) is 19.6. The second-order valence-electron chi connectivity index (χ2n) is 7.90. The van der Waals surface area contributed by atoms with Gasteiger partial charge in [-0.2, -0.15) is 0 Å². The molecule has 1 fully saturated rings. The molecule has 4 rings (SSSR count). The van der Waals surface area contributed by atoms with Gasteiger partial charge in [-0.1, -0.05) is 12.1 Å². The molecule has 0 bridgehead atoms. The lowest BCUT2D eigenvalue weighted by Gasteiger charge is -2.27. The van der Waals surface area contributed by atoms with Crippen LogP contribution in [0.25, 0.3) is 11.3 Å². The Morgan fingerprint density at radius 2 is 1.53 bits per heavy atom. The van der Waals surface area contributed by atoms with Crippen molar-refractivity contribution in [3.05, 3.63) is 48.5 Å². The van der Waals surface area contributed by atoms with Crippen molar-refractivity contribution < 1.29 is 19.0 Å². The van der Waals surface area contributed by atoms with Crippen LogP contribution in [-0.4, -0.2) is 50.6 Å². The molecule has 2 aromatic carbocycles. The molecule has 9 nitrogen and oxygen atoms in total. The number of benzene rings is 2. The van der Waals surface area contributed by atoms with E-state index in [9.17, 15) is 4.79 Å². The summed E-state index contributed by atoms with van der Waals surface area (Å²) in [4.78, 5) is 14.9. The third-order valence-electron chi connectivity index (χ3n) is 5.67. The number of nitrogens with one attached hydrogen (secondary N) is 2. The van der Waals surface area contributed by atoms with Crippen molar-refractivity contribution in [3.63, 3.8) is 0 Å². The topological polar surface area (TPSA) is 97.8 Å². The lowest BCUT2D eigenvalue weighted by atomic mass is 10.1. The molecule has 3 aromatic rings. The van der Waals surface area contributed by atoms with Crippen LogP contribution < -0.4 is 29.7 Å². The van der Waals surface area contributed by atoms with E-state index >= 15 is 0 Å². The van der Waals surface area contributed by atoms with Gasteiger partial charge < -0.3 is 29.7 Å². The minimum atomic E-state index is -0.405. The summed E-state index contributed by atoms with van der Waals surface area (Å²) in [6.07, 6.45) is 3.65. The van der Waals surface area contributed by atoms with Crippen molar-refractivity contribution >= 4 is 23.2 Å². The highest BCUT2D eigenvalue weighted by molar-refractivity contribution is 6.00. The highest BCUT2D eigenvalue weighted by Gasteiger charge is 2.15. The molecule has 9 heteroatoms. The Balaban J connectivity index is 1.45. The van der Waals surface area contributed by atoms with Crippen molar-refractivity contribution in [3.8, 4) is 28.5 Å². The van der Waals surface area contributed by atoms with E-state index in [0.29, 0.717) is 28.6 Å². The van der Waals surface area contributed by atoms with Crippen molar-refractivity contribution in [1.29, 1.82) is 0 Å². The molecule has 0 atom stereocenters. The number of piperidine rings is 1. The van der Waals surface area contributed by atoms with Crippen LogP contribution in [0.2, 0.25) is 0 Å². The fraction of sp³-hybridized carbons (Fsp3) is 0.320. The van der Waals surface area contributed by atoms with E-state index in [4.69, 9.17) is 14.2 Å². The van der Waals surface area contributed by atoms with Gasteiger partial charge in [-0.05, 0) is 43.5 Å². The first-order valence-corrected chi connectivity index (χ1v) is 11.2. The Hall–Kier alpha value is -4.01. The summed E-state index contributed by atoms with van der Waals surface area (Å²) in [6, 6.07) is 14.4. The molecule has 178 valence electrons. The largest absolute Gasteiger partial charge is 0.493 e. The third kappa shape index (κ3) is 5.31. The van der Waals surface area contributed by atoms with E-state index in [1.807, 2.05) is 36.4 Å². The van der Waals surface area contributed by atoms with Gasteiger partial charge in [0.2, 0.25) is 5.75 Å². The number of carbonyl (C=O) groups is 1. The normalized spacial score (nSPS) is 13.2. The number of hydrogen-bond acceptors (Lipinski definition) is 7. The fourth-order valence-corrected chi connectivity index (χ4v) is 3.97. The van der Waals surface area contributed by atoms with E-state index in [2.05, 4.69) is 25.7 Å². The molecule has 1 saturated heterocycles. The van der Waals surface area contributed by atoms with Crippen molar-refractivity contribution in [2.45, 2.75) is 19.3 Å². The van der Waals surface area contributed by atoms with Gasteiger partial charge in [0.25, 0.3) is 0 Å². The molecular formula is C25H29N5O4. The van der Waals surface area contributed by atoms with Gasteiger partial charge in [0.05, 0.1) is 32.7 Å². The number of urea groups is 1. The van der Waals surface area contributed by atoms with Gasteiger partial charge in [0.15, 0.2) is 17.3 Å². The molecule has 1 aliphatic rings. The predicted octanol–water partition coefficient (Wildman–Crippen LogP) is 4.80. The van der Waals surface area contributed by atoms with Gasteiger partial charge in [0.1, 0.15) is 0 Å². The van der Waals surface area contributed by atoms with E-state index in [0.717, 1.165) is 30.2 Å². The SMILES string of the molecule is COc1cc(NC(=O)Nc2cccc(-c3ccc(N4CCCCC4)nn3)c2)cc(OC)c1OC. The first-order chi connectivity index (χ1) is 16.6. The summed E-state index contributed by atoms with van der Waals surface area (Å²) in [5.74, 6) is 2.26. The Bertz CT molecular complexity index is 1110. The fourth-order valence-electron chi connectivity index (χ4n) is 3.97. The van der Waals surface area contributed by atoms with Crippen LogP contribution in [-0.2, 0) is 0 Å². The van der Waals surface area contributed by atoms with Crippen LogP contribution in [0, 0.1) is 0 Å². The number of carbonyl (C=O) groups excluding carboxylic acids is 1. The Labute approximate surface area is 199 Å². The zero-order chi connectivity index (χ0) is 23.9.